The lowest BCUT2D eigenvalue weighted by atomic mass is 10.2. The van der Waals surface area contributed by atoms with Crippen LogP contribution in [0.5, 0.6) is 0 Å². The average Bonchev–Trinajstić information content (AvgIpc) is 3.82. The van der Waals surface area contributed by atoms with Crippen LogP contribution in [0.2, 0.25) is 0 Å². The number of nitrogens with zero attached hydrogens (tertiary/aromatic N) is 8. The third-order valence-corrected chi connectivity index (χ3v) is 10.2. The number of aliphatic hydroxyl groups excluding tert-OH is 2. The minimum absolute atomic E-state index is 0.0793. The summed E-state index contributed by atoms with van der Waals surface area (Å²) in [6, 6.07) is 0. The predicted octanol–water partition coefficient (Wildman–Crippen LogP) is -0.342. The number of hydrogen-bond acceptors (Lipinski definition) is 15. The van der Waals surface area contributed by atoms with Crippen molar-refractivity contribution in [1.29, 1.82) is 0 Å². The normalized spacial score (nSPS) is 29.2. The van der Waals surface area contributed by atoms with Crippen LogP contribution in [0.4, 0.5) is 11.8 Å². The summed E-state index contributed by atoms with van der Waals surface area (Å²) in [4.78, 5) is 35.3. The Hall–Kier alpha value is -3.55. The standard InChI is InChI=1S/C24H32N11O8P/c25-20-18-21(28-9-27-20)34(10-29-18)17-6-13(14(7-36)41-17)43-44(39,33-3-1-2-4-33)40-8-15-12(37)5-16(42-15)35-11-30-19-22(35)31-24(26)32-23(19)38/h9-17,36-37H,1-8H2,(H2,25,27,28)(H3,26,31,32,38)/t12?,13?,14-,15-,16-,17-,44?/m1/s1. The van der Waals surface area contributed by atoms with Crippen molar-refractivity contribution in [2.45, 2.75) is 62.6 Å². The van der Waals surface area contributed by atoms with Crippen molar-refractivity contribution in [3.63, 3.8) is 0 Å². The summed E-state index contributed by atoms with van der Waals surface area (Å²) in [6.07, 6.45) is 1.36. The van der Waals surface area contributed by atoms with Crippen LogP contribution in [0.3, 0.4) is 0 Å². The molecule has 4 aromatic heterocycles. The van der Waals surface area contributed by atoms with E-state index in [1.807, 2.05) is 0 Å². The second-order valence-corrected chi connectivity index (χ2v) is 12.9. The monoisotopic (exact) mass is 633 g/mol. The van der Waals surface area contributed by atoms with Gasteiger partial charge >= 0.3 is 7.75 Å². The van der Waals surface area contributed by atoms with Crippen LogP contribution in [0.1, 0.15) is 38.1 Å². The van der Waals surface area contributed by atoms with Gasteiger partial charge in [0.05, 0.1) is 32.0 Å². The Balaban J connectivity index is 1.07. The molecule has 3 aliphatic heterocycles. The molecule has 4 aromatic rings. The molecule has 19 nitrogen and oxygen atoms in total. The van der Waals surface area contributed by atoms with Gasteiger partial charge in [0.1, 0.15) is 42.6 Å². The maximum Gasteiger partial charge on any atom is 0.408 e. The van der Waals surface area contributed by atoms with Crippen LogP contribution in [0.25, 0.3) is 22.3 Å². The summed E-state index contributed by atoms with van der Waals surface area (Å²) in [7, 11) is -3.95. The highest BCUT2D eigenvalue weighted by Gasteiger charge is 2.47. The zero-order valence-electron chi connectivity index (χ0n) is 23.4. The molecule has 0 saturated carbocycles. The summed E-state index contributed by atoms with van der Waals surface area (Å²) in [5, 5.41) is 21.0. The topological polar surface area (TPSA) is 257 Å². The molecule has 0 radical (unpaired) electrons. The maximum absolute atomic E-state index is 14.4. The number of H-pyrrole nitrogens is 1. The molecular weight excluding hydrogens is 601 g/mol. The van der Waals surface area contributed by atoms with Gasteiger partial charge in [0.25, 0.3) is 5.56 Å². The molecule has 0 amide bonds. The number of aromatic nitrogens is 8. The van der Waals surface area contributed by atoms with Crippen molar-refractivity contribution in [3.8, 4) is 0 Å². The zero-order chi connectivity index (χ0) is 30.6. The van der Waals surface area contributed by atoms with Crippen LogP contribution in [0, 0.1) is 0 Å². The van der Waals surface area contributed by atoms with E-state index in [1.165, 1.54) is 23.5 Å². The number of nitrogens with two attached hydrogens (primary N) is 2. The van der Waals surface area contributed by atoms with Crippen LogP contribution in [-0.4, -0.2) is 105 Å². The van der Waals surface area contributed by atoms with E-state index >= 15 is 0 Å². The molecule has 3 aliphatic rings. The van der Waals surface area contributed by atoms with E-state index in [0.717, 1.165) is 12.8 Å². The van der Waals surface area contributed by atoms with E-state index < -0.39 is 56.8 Å². The SMILES string of the molecule is Nc1nc2c(ncn2[C@H]2CC(O)[C@@H](COP(=O)(OC3C[C@H](n4cnc5c(N)ncnc54)O[C@@H]3CO)N3CCCC3)O2)c(=O)[nH]1. The molecule has 3 unspecified atom stereocenters. The molecule has 7 atom stereocenters. The summed E-state index contributed by atoms with van der Waals surface area (Å²) >= 11 is 0. The Kier molecular flexibility index (Phi) is 7.58. The minimum atomic E-state index is -3.95. The number of aliphatic hydroxyl groups is 2. The number of nitrogens with one attached hydrogen (secondary N) is 1. The molecule has 20 heteroatoms. The summed E-state index contributed by atoms with van der Waals surface area (Å²) < 4.78 is 43.5. The largest absolute Gasteiger partial charge is 0.408 e. The first-order valence-electron chi connectivity index (χ1n) is 14.2. The van der Waals surface area contributed by atoms with Crippen molar-refractivity contribution < 1.29 is 33.3 Å². The number of imidazole rings is 2. The summed E-state index contributed by atoms with van der Waals surface area (Å²) in [5.74, 6) is 0.142. The Morgan fingerprint density at radius 3 is 2.48 bits per heavy atom. The first kappa shape index (κ1) is 29.2. The molecule has 0 aliphatic carbocycles. The van der Waals surface area contributed by atoms with Crippen LogP contribution in [0.15, 0.2) is 23.8 Å². The number of rotatable bonds is 9. The van der Waals surface area contributed by atoms with Gasteiger partial charge in [-0.05, 0) is 12.8 Å². The molecule has 7 rings (SSSR count). The molecule has 0 spiro atoms. The Labute approximate surface area is 248 Å². The van der Waals surface area contributed by atoms with Gasteiger partial charge in [-0.2, -0.15) is 4.98 Å². The molecule has 7 heterocycles. The van der Waals surface area contributed by atoms with Gasteiger partial charge in [0.2, 0.25) is 5.95 Å². The third-order valence-electron chi connectivity index (χ3n) is 8.12. The van der Waals surface area contributed by atoms with Crippen molar-refractivity contribution >= 4 is 41.8 Å². The summed E-state index contributed by atoms with van der Waals surface area (Å²) in [5.41, 5.74) is 12.3. The minimum Gasteiger partial charge on any atom is -0.394 e. The van der Waals surface area contributed by atoms with Crippen molar-refractivity contribution in [2.75, 3.05) is 37.8 Å². The number of anilines is 2. The fourth-order valence-corrected chi connectivity index (χ4v) is 7.91. The molecular formula is C24H32N11O8P. The molecule has 0 bridgehead atoms. The van der Waals surface area contributed by atoms with E-state index in [9.17, 15) is 19.6 Å². The van der Waals surface area contributed by atoms with E-state index in [-0.39, 0.29) is 42.4 Å². The van der Waals surface area contributed by atoms with E-state index in [2.05, 4.69) is 29.9 Å². The second kappa shape index (κ2) is 11.4. The van der Waals surface area contributed by atoms with Crippen molar-refractivity contribution in [2.24, 2.45) is 0 Å². The Morgan fingerprint density at radius 1 is 1.00 bits per heavy atom. The zero-order valence-corrected chi connectivity index (χ0v) is 24.3. The summed E-state index contributed by atoms with van der Waals surface area (Å²) in [6.45, 7) is 0.328. The lowest BCUT2D eigenvalue weighted by molar-refractivity contribution is -0.0534. The highest BCUT2D eigenvalue weighted by molar-refractivity contribution is 7.51. The Bertz CT molecular complexity index is 1770. The maximum atomic E-state index is 14.4. The van der Waals surface area contributed by atoms with Crippen LogP contribution in [-0.2, 0) is 23.1 Å². The van der Waals surface area contributed by atoms with Gasteiger partial charge in [0, 0.05) is 25.9 Å². The smallest absolute Gasteiger partial charge is 0.394 e. The van der Waals surface area contributed by atoms with Gasteiger partial charge in [0.15, 0.2) is 22.6 Å². The lowest BCUT2D eigenvalue weighted by Gasteiger charge is -2.30. The van der Waals surface area contributed by atoms with Crippen LogP contribution >= 0.6 is 7.75 Å². The number of aromatic amines is 1. The second-order valence-electron chi connectivity index (χ2n) is 10.9. The highest BCUT2D eigenvalue weighted by Crippen LogP contribution is 2.57. The highest BCUT2D eigenvalue weighted by atomic mass is 31.2. The molecule has 0 aromatic carbocycles. The Morgan fingerprint density at radius 2 is 1.70 bits per heavy atom. The van der Waals surface area contributed by atoms with Crippen molar-refractivity contribution in [1.82, 2.24) is 43.7 Å². The average molecular weight is 634 g/mol. The number of nitrogen functional groups attached to an aromatic ring is 2. The molecule has 44 heavy (non-hydrogen) atoms. The molecule has 7 N–H and O–H groups in total. The van der Waals surface area contributed by atoms with Gasteiger partial charge in [-0.1, -0.05) is 0 Å². The third kappa shape index (κ3) is 5.14. The predicted molar refractivity (Wildman–Crippen MR) is 152 cm³/mol. The van der Waals surface area contributed by atoms with Gasteiger partial charge in [-0.15, -0.1) is 0 Å². The first-order valence-corrected chi connectivity index (χ1v) is 15.7. The van der Waals surface area contributed by atoms with E-state index in [4.69, 9.17) is 30.0 Å². The van der Waals surface area contributed by atoms with Crippen molar-refractivity contribution in [3.05, 3.63) is 29.3 Å². The quantitative estimate of drug-likeness (QED) is 0.148. The van der Waals surface area contributed by atoms with E-state index in [0.29, 0.717) is 24.3 Å². The number of ether oxygens (including phenoxy) is 2. The molecule has 3 saturated heterocycles. The van der Waals surface area contributed by atoms with Gasteiger partial charge < -0.3 is 31.2 Å². The molecule has 3 fully saturated rings. The number of fused-ring (bicyclic) bond motifs is 2. The van der Waals surface area contributed by atoms with Gasteiger partial charge in [-0.25, -0.2) is 29.2 Å². The van der Waals surface area contributed by atoms with E-state index in [1.54, 1.807) is 9.24 Å². The van der Waals surface area contributed by atoms with Crippen LogP contribution < -0.4 is 17.0 Å². The first-order chi connectivity index (χ1) is 21.2. The number of hydrogen-bond donors (Lipinski definition) is 5. The van der Waals surface area contributed by atoms with Gasteiger partial charge in [-0.3, -0.25) is 28.0 Å². The fourth-order valence-electron chi connectivity index (χ4n) is 5.88. The molecule has 236 valence electrons. The fraction of sp³-hybridized carbons (Fsp3) is 0.583. The lowest BCUT2D eigenvalue weighted by Crippen LogP contribution is -2.32.